The van der Waals surface area contributed by atoms with Crippen LogP contribution >= 0.6 is 0 Å². The lowest BCUT2D eigenvalue weighted by atomic mass is 10.8. The summed E-state index contributed by atoms with van der Waals surface area (Å²) >= 11 is 0. The van der Waals surface area contributed by atoms with E-state index in [9.17, 15) is 30.3 Å². The summed E-state index contributed by atoms with van der Waals surface area (Å²) in [5.74, 6) is -0.789. The zero-order chi connectivity index (χ0) is 10.9. The maximum Gasteiger partial charge on any atom is 0.480 e. The second kappa shape index (κ2) is 3.12. The van der Waals surface area contributed by atoms with E-state index in [-0.39, 0.29) is 5.01 Å². The van der Waals surface area contributed by atoms with Crippen molar-refractivity contribution in [3.63, 3.8) is 0 Å². The van der Waals surface area contributed by atoms with Crippen LogP contribution < -0.4 is 5.32 Å². The number of nitrogens with zero attached hydrogens (tertiary/aromatic N) is 4. The third-order valence-corrected chi connectivity index (χ3v) is 1.37. The van der Waals surface area contributed by atoms with Crippen molar-refractivity contribution >= 4 is 0 Å². The largest absolute Gasteiger partial charge is 0.480 e. The van der Waals surface area contributed by atoms with Gasteiger partial charge in [0.15, 0.2) is 11.2 Å². The molecule has 0 amide bonds. The molecule has 0 aliphatic carbocycles. The van der Waals surface area contributed by atoms with Gasteiger partial charge >= 0.3 is 12.1 Å². The SMILES string of the molecule is O=[N+]([O-])C1=CN([N+](=O)[O-])C([N+](=O)[O-])N1. The molecule has 1 heterocycles. The Labute approximate surface area is 75.0 Å². The fourth-order valence-electron chi connectivity index (χ4n) is 0.817. The highest BCUT2D eigenvalue weighted by Crippen LogP contribution is 2.11. The van der Waals surface area contributed by atoms with Gasteiger partial charge in [0, 0.05) is 5.01 Å². The van der Waals surface area contributed by atoms with E-state index in [1.807, 2.05) is 0 Å². The van der Waals surface area contributed by atoms with Gasteiger partial charge in [0.05, 0.1) is 4.92 Å². The Morgan fingerprint density at radius 2 is 1.86 bits per heavy atom. The molecular formula is C3H3N5O6. The van der Waals surface area contributed by atoms with Crippen LogP contribution in [-0.2, 0) is 0 Å². The normalized spacial score (nSPS) is 19.9. The standard InChI is InChI=1S/C3H3N5O6/c9-6(10)2-1-5(8(13)14)3(4-2)7(11)12/h1,3-4H. The fraction of sp³-hybridized carbons (Fsp3) is 0.333. The molecule has 0 aromatic carbocycles. The van der Waals surface area contributed by atoms with Crippen molar-refractivity contribution in [3.05, 3.63) is 42.4 Å². The van der Waals surface area contributed by atoms with Crippen molar-refractivity contribution < 1.29 is 14.9 Å². The van der Waals surface area contributed by atoms with Crippen LogP contribution in [0.5, 0.6) is 0 Å². The van der Waals surface area contributed by atoms with Crippen LogP contribution in [0.4, 0.5) is 0 Å². The third-order valence-electron chi connectivity index (χ3n) is 1.37. The Morgan fingerprint density at radius 1 is 1.29 bits per heavy atom. The summed E-state index contributed by atoms with van der Waals surface area (Å²) in [6.07, 6.45) is -1.49. The highest BCUT2D eigenvalue weighted by molar-refractivity contribution is 4.94. The molecule has 14 heavy (non-hydrogen) atoms. The van der Waals surface area contributed by atoms with E-state index in [0.29, 0.717) is 6.20 Å². The Balaban J connectivity index is 2.93. The smallest absolute Gasteiger partial charge is 0.358 e. The maximum absolute atomic E-state index is 10.2. The molecule has 1 aliphatic heterocycles. The van der Waals surface area contributed by atoms with Gasteiger partial charge < -0.3 is 10.1 Å². The maximum atomic E-state index is 10.2. The van der Waals surface area contributed by atoms with Gasteiger partial charge in [-0.25, -0.2) is 10.1 Å². The minimum absolute atomic E-state index is 0.0120. The molecule has 11 nitrogen and oxygen atoms in total. The van der Waals surface area contributed by atoms with Crippen LogP contribution in [0.25, 0.3) is 0 Å². The molecule has 1 unspecified atom stereocenters. The van der Waals surface area contributed by atoms with E-state index in [1.54, 1.807) is 5.32 Å². The predicted octanol–water partition coefficient (Wildman–Crippen LogP) is -1.28. The Bertz CT molecular complexity index is 336. The first-order valence-corrected chi connectivity index (χ1v) is 3.12. The lowest BCUT2D eigenvalue weighted by Gasteiger charge is -2.03. The van der Waals surface area contributed by atoms with Crippen LogP contribution in [0, 0.1) is 30.3 Å². The summed E-state index contributed by atoms with van der Waals surface area (Å²) in [4.78, 5) is 28.5. The number of hydrogen-bond acceptors (Lipinski definition) is 7. The molecule has 1 atom stereocenters. The van der Waals surface area contributed by atoms with Gasteiger partial charge in [-0.05, 0) is 4.92 Å². The van der Waals surface area contributed by atoms with Gasteiger partial charge in [0.2, 0.25) is 0 Å². The van der Waals surface area contributed by atoms with Crippen LogP contribution in [0.1, 0.15) is 0 Å². The number of hydrogen-bond donors (Lipinski definition) is 1. The second-order valence-electron chi connectivity index (χ2n) is 2.19. The lowest BCUT2D eigenvalue weighted by Crippen LogP contribution is -2.45. The summed E-state index contributed by atoms with van der Waals surface area (Å²) in [7, 11) is 0. The van der Waals surface area contributed by atoms with Gasteiger partial charge in [-0.15, -0.1) is 0 Å². The topological polar surface area (TPSA) is 145 Å². The molecule has 0 saturated heterocycles. The van der Waals surface area contributed by atoms with Crippen LogP contribution in [0.2, 0.25) is 0 Å². The molecule has 0 radical (unpaired) electrons. The lowest BCUT2D eigenvalue weighted by molar-refractivity contribution is -0.717. The number of hydrazine groups is 1. The first kappa shape index (κ1) is 9.63. The van der Waals surface area contributed by atoms with Gasteiger partial charge in [0.25, 0.3) is 0 Å². The first-order valence-electron chi connectivity index (χ1n) is 3.12. The molecule has 1 aliphatic rings. The predicted molar refractivity (Wildman–Crippen MR) is 37.8 cm³/mol. The molecule has 0 saturated carbocycles. The van der Waals surface area contributed by atoms with Crippen molar-refractivity contribution in [2.24, 2.45) is 0 Å². The summed E-state index contributed by atoms with van der Waals surface area (Å²) in [6.45, 7) is 0. The first-order chi connectivity index (χ1) is 6.43. The average molecular weight is 205 g/mol. The molecule has 0 aromatic heterocycles. The minimum atomic E-state index is -1.94. The molecule has 0 fully saturated rings. The third kappa shape index (κ3) is 1.50. The minimum Gasteiger partial charge on any atom is -0.358 e. The van der Waals surface area contributed by atoms with Crippen LogP contribution in [0.3, 0.4) is 0 Å². The van der Waals surface area contributed by atoms with Crippen molar-refractivity contribution in [2.75, 3.05) is 0 Å². The highest BCUT2D eigenvalue weighted by atomic mass is 16.7. The Kier molecular flexibility index (Phi) is 2.14. The van der Waals surface area contributed by atoms with Crippen LogP contribution in [0.15, 0.2) is 12.0 Å². The molecule has 1 rings (SSSR count). The van der Waals surface area contributed by atoms with Gasteiger partial charge in [0.1, 0.15) is 0 Å². The molecule has 76 valence electrons. The van der Waals surface area contributed by atoms with Gasteiger partial charge in [-0.2, -0.15) is 5.32 Å². The number of nitrogens with one attached hydrogen (secondary N) is 1. The molecule has 0 bridgehead atoms. The summed E-state index contributed by atoms with van der Waals surface area (Å²) in [6, 6.07) is 0. The quantitative estimate of drug-likeness (QED) is 0.442. The summed E-state index contributed by atoms with van der Waals surface area (Å²) in [5.41, 5.74) is 0. The molecular weight excluding hydrogens is 202 g/mol. The van der Waals surface area contributed by atoms with Gasteiger partial charge in [-0.3, -0.25) is 10.1 Å². The van der Waals surface area contributed by atoms with Crippen LogP contribution in [-0.4, -0.2) is 26.2 Å². The molecule has 0 aromatic rings. The monoisotopic (exact) mass is 205 g/mol. The van der Waals surface area contributed by atoms with E-state index in [1.165, 1.54) is 0 Å². The number of rotatable bonds is 3. The van der Waals surface area contributed by atoms with Crippen molar-refractivity contribution in [2.45, 2.75) is 6.29 Å². The zero-order valence-corrected chi connectivity index (χ0v) is 6.39. The van der Waals surface area contributed by atoms with Gasteiger partial charge in [-0.1, -0.05) is 0 Å². The fourth-order valence-corrected chi connectivity index (χ4v) is 0.817. The summed E-state index contributed by atoms with van der Waals surface area (Å²) < 4.78 is 0. The second-order valence-corrected chi connectivity index (χ2v) is 2.19. The molecule has 0 spiro atoms. The van der Waals surface area contributed by atoms with E-state index >= 15 is 0 Å². The van der Waals surface area contributed by atoms with E-state index in [0.717, 1.165) is 0 Å². The highest BCUT2D eigenvalue weighted by Gasteiger charge is 2.48. The van der Waals surface area contributed by atoms with Crippen molar-refractivity contribution in [3.8, 4) is 0 Å². The van der Waals surface area contributed by atoms with E-state index < -0.39 is 27.0 Å². The average Bonchev–Trinajstić information content (AvgIpc) is 2.47. The van der Waals surface area contributed by atoms with Crippen molar-refractivity contribution in [1.29, 1.82) is 0 Å². The summed E-state index contributed by atoms with van der Waals surface area (Å²) in [5, 5.41) is 31.2. The molecule has 1 N–H and O–H groups in total. The number of nitro groups is 3. The van der Waals surface area contributed by atoms with E-state index in [2.05, 4.69) is 0 Å². The Morgan fingerprint density at radius 3 is 2.14 bits per heavy atom. The van der Waals surface area contributed by atoms with E-state index in [4.69, 9.17) is 0 Å². The zero-order valence-electron chi connectivity index (χ0n) is 6.39. The molecule has 11 heteroatoms. The Hall–Kier alpha value is -2.46. The van der Waals surface area contributed by atoms with Crippen molar-refractivity contribution in [1.82, 2.24) is 10.3 Å².